The second-order valence-electron chi connectivity index (χ2n) is 6.49. The summed E-state index contributed by atoms with van der Waals surface area (Å²) in [6.07, 6.45) is 4.12. The molecule has 3 rings (SSSR count). The van der Waals surface area contributed by atoms with Crippen LogP contribution in [-0.4, -0.2) is 15.3 Å². The maximum atomic E-state index is 12.2. The van der Waals surface area contributed by atoms with Crippen molar-refractivity contribution in [1.82, 2.24) is 9.38 Å². The van der Waals surface area contributed by atoms with Gasteiger partial charge in [0, 0.05) is 30.4 Å². The number of amides is 1. The number of nitrogens with one attached hydrogen (secondary N) is 1. The lowest BCUT2D eigenvalue weighted by Gasteiger charge is -2.10. The number of rotatable bonds is 7. The number of carbonyl (C=O) groups is 1. The summed E-state index contributed by atoms with van der Waals surface area (Å²) in [5, 5.41) is 2.87. The minimum Gasteiger partial charge on any atom is -0.487 e. The van der Waals surface area contributed by atoms with Crippen molar-refractivity contribution in [3.8, 4) is 5.75 Å². The van der Waals surface area contributed by atoms with E-state index in [9.17, 15) is 9.59 Å². The van der Waals surface area contributed by atoms with E-state index < -0.39 is 0 Å². The molecule has 0 aliphatic heterocycles. The Balaban J connectivity index is 1.69. The molecule has 2 heterocycles. The standard InChI is InChI=1S/C21H23N3O3/c1-3-4-8-20(25)23-16-6-5-7-18(11-16)27-14-17-12-21(26)24-13-15(2)9-10-19(24)22-17/h5-7,9-13H,3-4,8,14H2,1-2H3,(H,23,25). The number of ether oxygens (including phenoxy) is 1. The molecule has 0 atom stereocenters. The van der Waals surface area contributed by atoms with Crippen LogP contribution in [0.2, 0.25) is 0 Å². The van der Waals surface area contributed by atoms with Crippen molar-refractivity contribution in [2.75, 3.05) is 5.32 Å². The van der Waals surface area contributed by atoms with Crippen LogP contribution in [-0.2, 0) is 11.4 Å². The third kappa shape index (κ3) is 4.94. The lowest BCUT2D eigenvalue weighted by atomic mass is 10.2. The van der Waals surface area contributed by atoms with Gasteiger partial charge in [-0.05, 0) is 37.1 Å². The van der Waals surface area contributed by atoms with Gasteiger partial charge in [0.05, 0.1) is 5.69 Å². The molecule has 140 valence electrons. The summed E-state index contributed by atoms with van der Waals surface area (Å²) in [4.78, 5) is 28.6. The Morgan fingerprint density at radius 1 is 1.22 bits per heavy atom. The van der Waals surface area contributed by atoms with Gasteiger partial charge in [-0.3, -0.25) is 14.0 Å². The summed E-state index contributed by atoms with van der Waals surface area (Å²) < 4.78 is 7.28. The van der Waals surface area contributed by atoms with Gasteiger partial charge in [0.25, 0.3) is 5.56 Å². The Bertz CT molecular complexity index is 1010. The van der Waals surface area contributed by atoms with Gasteiger partial charge in [-0.25, -0.2) is 4.98 Å². The zero-order chi connectivity index (χ0) is 19.2. The number of pyridine rings is 1. The minimum atomic E-state index is -0.140. The third-order valence-electron chi connectivity index (χ3n) is 4.12. The highest BCUT2D eigenvalue weighted by Crippen LogP contribution is 2.19. The monoisotopic (exact) mass is 365 g/mol. The average Bonchev–Trinajstić information content (AvgIpc) is 2.65. The minimum absolute atomic E-state index is 0.00601. The van der Waals surface area contributed by atoms with E-state index in [4.69, 9.17) is 4.74 Å². The first kappa shape index (κ1) is 18.6. The van der Waals surface area contributed by atoms with E-state index in [1.165, 1.54) is 10.5 Å². The summed E-state index contributed by atoms with van der Waals surface area (Å²) in [5.41, 5.74) is 2.69. The number of nitrogens with zero attached hydrogens (tertiary/aromatic N) is 2. The zero-order valence-electron chi connectivity index (χ0n) is 15.6. The van der Waals surface area contributed by atoms with E-state index >= 15 is 0 Å². The number of unbranched alkanes of at least 4 members (excludes halogenated alkanes) is 1. The quantitative estimate of drug-likeness (QED) is 0.693. The van der Waals surface area contributed by atoms with Crippen LogP contribution in [0.5, 0.6) is 5.75 Å². The number of fused-ring (bicyclic) bond motifs is 1. The van der Waals surface area contributed by atoms with Gasteiger partial charge in [-0.2, -0.15) is 0 Å². The lowest BCUT2D eigenvalue weighted by molar-refractivity contribution is -0.116. The van der Waals surface area contributed by atoms with Gasteiger partial charge in [0.2, 0.25) is 5.91 Å². The van der Waals surface area contributed by atoms with E-state index in [-0.39, 0.29) is 18.1 Å². The molecule has 3 aromatic rings. The van der Waals surface area contributed by atoms with Crippen LogP contribution in [0.25, 0.3) is 5.65 Å². The zero-order valence-corrected chi connectivity index (χ0v) is 15.6. The maximum absolute atomic E-state index is 12.2. The van der Waals surface area contributed by atoms with Crippen LogP contribution in [0.4, 0.5) is 5.69 Å². The molecular weight excluding hydrogens is 342 g/mol. The van der Waals surface area contributed by atoms with Gasteiger partial charge < -0.3 is 10.1 Å². The van der Waals surface area contributed by atoms with E-state index in [0.717, 1.165) is 18.4 Å². The topological polar surface area (TPSA) is 72.7 Å². The molecule has 6 heteroatoms. The predicted octanol–water partition coefficient (Wildman–Crippen LogP) is 3.71. The maximum Gasteiger partial charge on any atom is 0.258 e. The molecule has 0 bridgehead atoms. The number of hydrogen-bond acceptors (Lipinski definition) is 4. The molecule has 0 aliphatic rings. The fraction of sp³-hybridized carbons (Fsp3) is 0.286. The van der Waals surface area contributed by atoms with Crippen LogP contribution in [0.1, 0.15) is 37.4 Å². The third-order valence-corrected chi connectivity index (χ3v) is 4.12. The van der Waals surface area contributed by atoms with E-state index in [0.29, 0.717) is 29.2 Å². The van der Waals surface area contributed by atoms with Crippen LogP contribution in [0.3, 0.4) is 0 Å². The molecule has 2 aromatic heterocycles. The Labute approximate surface area is 157 Å². The van der Waals surface area contributed by atoms with E-state index in [1.54, 1.807) is 18.3 Å². The van der Waals surface area contributed by atoms with E-state index in [1.807, 2.05) is 31.2 Å². The number of aryl methyl sites for hydroxylation is 1. The molecule has 0 unspecified atom stereocenters. The average molecular weight is 365 g/mol. The predicted molar refractivity (Wildman–Crippen MR) is 105 cm³/mol. The van der Waals surface area contributed by atoms with Crippen molar-refractivity contribution in [2.45, 2.75) is 39.7 Å². The van der Waals surface area contributed by atoms with Crippen LogP contribution >= 0.6 is 0 Å². The first-order chi connectivity index (χ1) is 13.0. The summed E-state index contributed by atoms with van der Waals surface area (Å²) in [6.45, 7) is 4.15. The number of anilines is 1. The summed E-state index contributed by atoms with van der Waals surface area (Å²) in [5.74, 6) is 0.600. The molecule has 27 heavy (non-hydrogen) atoms. The Morgan fingerprint density at radius 3 is 2.89 bits per heavy atom. The molecule has 1 amide bonds. The van der Waals surface area contributed by atoms with Gasteiger partial charge in [0.1, 0.15) is 18.0 Å². The Morgan fingerprint density at radius 2 is 2.07 bits per heavy atom. The molecule has 0 aliphatic carbocycles. The summed E-state index contributed by atoms with van der Waals surface area (Å²) >= 11 is 0. The lowest BCUT2D eigenvalue weighted by Crippen LogP contribution is -2.16. The number of hydrogen-bond donors (Lipinski definition) is 1. The highest BCUT2D eigenvalue weighted by Gasteiger charge is 2.06. The molecule has 0 saturated heterocycles. The molecule has 0 saturated carbocycles. The molecule has 1 N–H and O–H groups in total. The fourth-order valence-electron chi connectivity index (χ4n) is 2.71. The van der Waals surface area contributed by atoms with Gasteiger partial charge in [-0.15, -0.1) is 0 Å². The van der Waals surface area contributed by atoms with Crippen LogP contribution < -0.4 is 15.6 Å². The van der Waals surface area contributed by atoms with Crippen LogP contribution in [0.15, 0.2) is 53.5 Å². The number of benzene rings is 1. The normalized spacial score (nSPS) is 10.7. The van der Waals surface area contributed by atoms with Crippen molar-refractivity contribution < 1.29 is 9.53 Å². The second-order valence-corrected chi connectivity index (χ2v) is 6.49. The summed E-state index contributed by atoms with van der Waals surface area (Å²) in [7, 11) is 0. The van der Waals surface area contributed by atoms with Crippen molar-refractivity contribution in [3.63, 3.8) is 0 Å². The van der Waals surface area contributed by atoms with Crippen molar-refractivity contribution in [3.05, 3.63) is 70.3 Å². The van der Waals surface area contributed by atoms with Crippen molar-refractivity contribution in [2.24, 2.45) is 0 Å². The highest BCUT2D eigenvalue weighted by atomic mass is 16.5. The van der Waals surface area contributed by atoms with Gasteiger partial charge in [0.15, 0.2) is 0 Å². The highest BCUT2D eigenvalue weighted by molar-refractivity contribution is 5.90. The summed E-state index contributed by atoms with van der Waals surface area (Å²) in [6, 6.07) is 12.4. The number of carbonyl (C=O) groups excluding carboxylic acids is 1. The molecule has 0 spiro atoms. The first-order valence-electron chi connectivity index (χ1n) is 9.07. The fourth-order valence-corrected chi connectivity index (χ4v) is 2.71. The van der Waals surface area contributed by atoms with Gasteiger partial charge in [-0.1, -0.05) is 25.5 Å². The first-order valence-corrected chi connectivity index (χ1v) is 9.07. The SMILES string of the molecule is CCCCC(=O)Nc1cccc(OCc2cc(=O)n3cc(C)ccc3n2)c1. The largest absolute Gasteiger partial charge is 0.487 e. The van der Waals surface area contributed by atoms with Crippen molar-refractivity contribution in [1.29, 1.82) is 0 Å². The molecule has 0 radical (unpaired) electrons. The van der Waals surface area contributed by atoms with Crippen molar-refractivity contribution >= 4 is 17.2 Å². The molecule has 6 nitrogen and oxygen atoms in total. The smallest absolute Gasteiger partial charge is 0.258 e. The van der Waals surface area contributed by atoms with E-state index in [2.05, 4.69) is 17.2 Å². The van der Waals surface area contributed by atoms with Crippen LogP contribution in [0, 0.1) is 6.92 Å². The Hall–Kier alpha value is -3.15. The molecule has 1 aromatic carbocycles. The molecular formula is C21H23N3O3. The molecule has 0 fully saturated rings. The van der Waals surface area contributed by atoms with Gasteiger partial charge >= 0.3 is 0 Å². The second kappa shape index (κ2) is 8.49. The Kier molecular flexibility index (Phi) is 5.86. The number of aromatic nitrogens is 2.